The third-order valence-electron chi connectivity index (χ3n) is 8.50. The minimum atomic E-state index is -0.843. The molecule has 1 aliphatic heterocycles. The molecule has 0 aromatic carbocycles. The fraction of sp³-hybridized carbons (Fsp3) is 0.750. The van der Waals surface area contributed by atoms with Gasteiger partial charge in [0.15, 0.2) is 18.6 Å². The number of carbonyl (C=O) groups excluding carboxylic acids is 5. The van der Waals surface area contributed by atoms with E-state index in [1.165, 1.54) is 25.3 Å². The number of amides is 2. The molecular formula is C32H52N4O7S. The van der Waals surface area contributed by atoms with E-state index in [0.29, 0.717) is 17.8 Å². The van der Waals surface area contributed by atoms with Gasteiger partial charge in [0.05, 0.1) is 6.04 Å². The molecule has 1 aromatic heterocycles. The monoisotopic (exact) mass is 636 g/mol. The van der Waals surface area contributed by atoms with Crippen molar-refractivity contribution in [1.82, 2.24) is 20.1 Å². The zero-order valence-electron chi connectivity index (χ0n) is 27.7. The summed E-state index contributed by atoms with van der Waals surface area (Å²) in [6.07, 6.45) is 3.74. The van der Waals surface area contributed by atoms with Crippen molar-refractivity contribution in [3.63, 3.8) is 0 Å². The van der Waals surface area contributed by atoms with Crippen LogP contribution in [-0.2, 0) is 28.7 Å². The minimum absolute atomic E-state index is 0.0529. The van der Waals surface area contributed by atoms with Crippen molar-refractivity contribution in [2.24, 2.45) is 17.8 Å². The number of piperidine rings is 1. The first kappa shape index (κ1) is 37.3. The Labute approximate surface area is 266 Å². The maximum atomic E-state index is 14.5. The van der Waals surface area contributed by atoms with Gasteiger partial charge in [-0.3, -0.25) is 28.9 Å². The zero-order valence-corrected chi connectivity index (χ0v) is 28.5. The van der Waals surface area contributed by atoms with Gasteiger partial charge in [-0.2, -0.15) is 0 Å². The van der Waals surface area contributed by atoms with Gasteiger partial charge in [0.25, 0.3) is 5.91 Å². The summed E-state index contributed by atoms with van der Waals surface area (Å²) in [5, 5.41) is 4.56. The molecule has 1 N–H and O–H groups in total. The van der Waals surface area contributed by atoms with Crippen LogP contribution in [0.4, 0.5) is 0 Å². The SMILES string of the molecule is CCCC(=O)OCN(C(=O)[C@@H](CC(=O)[C@H]1CCCCN1C)C(C)CC)[C@H](C[C@@H](OC(C)=O)c1nc(C(=O)NC)cs1)C(C)C. The standard InChI is InChI=1S/C32H52N4O7S/c1-9-13-29(39)42-19-36(32(41)23(21(5)10-2)16-27(38)25-14-11-12-15-35(25)8)26(20(3)4)17-28(43-22(6)37)31-34-24(18-44-31)30(40)33-7/h18,20-21,23,25-26,28H,9-17,19H2,1-8H3,(H,33,40)/t21?,23-,25+,26+,28+/m0/s1. The van der Waals surface area contributed by atoms with Gasteiger partial charge in [-0.15, -0.1) is 11.3 Å². The average Bonchev–Trinajstić information content (AvgIpc) is 3.48. The lowest BCUT2D eigenvalue weighted by Crippen LogP contribution is -2.50. The second kappa shape index (κ2) is 18.2. The highest BCUT2D eigenvalue weighted by atomic mass is 32.1. The molecule has 1 aliphatic rings. The van der Waals surface area contributed by atoms with Gasteiger partial charge in [-0.25, -0.2) is 4.98 Å². The van der Waals surface area contributed by atoms with Crippen LogP contribution in [0, 0.1) is 17.8 Å². The van der Waals surface area contributed by atoms with Gasteiger partial charge < -0.3 is 19.7 Å². The molecule has 0 radical (unpaired) electrons. The second-order valence-electron chi connectivity index (χ2n) is 12.2. The summed E-state index contributed by atoms with van der Waals surface area (Å²) in [5.41, 5.74) is 0.204. The maximum Gasteiger partial charge on any atom is 0.307 e. The van der Waals surface area contributed by atoms with Gasteiger partial charge in [0.2, 0.25) is 5.91 Å². The van der Waals surface area contributed by atoms with Gasteiger partial charge >= 0.3 is 11.9 Å². The molecule has 44 heavy (non-hydrogen) atoms. The first-order valence-electron chi connectivity index (χ1n) is 15.9. The molecule has 11 nitrogen and oxygen atoms in total. The number of rotatable bonds is 17. The number of ether oxygens (including phenoxy) is 2. The lowest BCUT2D eigenvalue weighted by molar-refractivity contribution is -0.161. The summed E-state index contributed by atoms with van der Waals surface area (Å²) in [7, 11) is 3.47. The normalized spacial score (nSPS) is 18.2. The topological polar surface area (TPSA) is 135 Å². The first-order valence-corrected chi connectivity index (χ1v) is 16.8. The quantitative estimate of drug-likeness (QED) is 0.190. The van der Waals surface area contributed by atoms with Crippen LogP contribution in [0.5, 0.6) is 0 Å². The molecule has 0 saturated carbocycles. The van der Waals surface area contributed by atoms with Crippen LogP contribution in [0.1, 0.15) is 115 Å². The predicted molar refractivity (Wildman–Crippen MR) is 169 cm³/mol. The molecule has 12 heteroatoms. The van der Waals surface area contributed by atoms with E-state index in [1.54, 1.807) is 10.3 Å². The highest BCUT2D eigenvalue weighted by molar-refractivity contribution is 7.09. The Balaban J connectivity index is 2.49. The van der Waals surface area contributed by atoms with E-state index >= 15 is 0 Å². The number of thiazole rings is 1. The maximum absolute atomic E-state index is 14.5. The van der Waals surface area contributed by atoms with Crippen molar-refractivity contribution in [3.8, 4) is 0 Å². The molecule has 5 atom stereocenters. The first-order chi connectivity index (χ1) is 20.8. The Bertz CT molecular complexity index is 1120. The van der Waals surface area contributed by atoms with E-state index in [0.717, 1.165) is 25.8 Å². The van der Waals surface area contributed by atoms with Gasteiger partial charge in [0.1, 0.15) is 10.7 Å². The Morgan fingerprint density at radius 2 is 1.86 bits per heavy atom. The van der Waals surface area contributed by atoms with E-state index in [2.05, 4.69) is 15.2 Å². The van der Waals surface area contributed by atoms with Gasteiger partial charge in [-0.05, 0) is 44.7 Å². The number of carbonyl (C=O) groups is 5. The summed E-state index contributed by atoms with van der Waals surface area (Å²) in [5.74, 6) is -2.36. The highest BCUT2D eigenvalue weighted by Crippen LogP contribution is 2.33. The third kappa shape index (κ3) is 10.6. The molecule has 0 bridgehead atoms. The molecule has 1 unspecified atom stereocenters. The van der Waals surface area contributed by atoms with E-state index in [1.807, 2.05) is 41.7 Å². The number of hydrogen-bond acceptors (Lipinski definition) is 10. The Morgan fingerprint density at radius 3 is 2.43 bits per heavy atom. The number of aromatic nitrogens is 1. The molecule has 1 aromatic rings. The number of hydrogen-bond donors (Lipinski definition) is 1. The van der Waals surface area contributed by atoms with E-state index < -0.39 is 30.0 Å². The fourth-order valence-corrected chi connectivity index (χ4v) is 6.49. The summed E-state index contributed by atoms with van der Waals surface area (Å²) < 4.78 is 11.3. The van der Waals surface area contributed by atoms with E-state index in [-0.39, 0.29) is 67.2 Å². The van der Waals surface area contributed by atoms with Gasteiger partial charge in [0, 0.05) is 50.6 Å². The van der Waals surface area contributed by atoms with E-state index in [4.69, 9.17) is 9.47 Å². The van der Waals surface area contributed by atoms with Crippen molar-refractivity contribution >= 4 is 40.9 Å². The van der Waals surface area contributed by atoms with Crippen molar-refractivity contribution in [2.45, 2.75) is 111 Å². The largest absolute Gasteiger partial charge is 0.455 e. The summed E-state index contributed by atoms with van der Waals surface area (Å²) >= 11 is 1.19. The molecule has 0 spiro atoms. The Kier molecular flexibility index (Phi) is 15.4. The van der Waals surface area contributed by atoms with Crippen molar-refractivity contribution < 1.29 is 33.4 Å². The molecule has 0 aliphatic carbocycles. The minimum Gasteiger partial charge on any atom is -0.455 e. The third-order valence-corrected chi connectivity index (χ3v) is 9.44. The lowest BCUT2D eigenvalue weighted by atomic mass is 9.82. The van der Waals surface area contributed by atoms with Crippen LogP contribution in [0.2, 0.25) is 0 Å². The molecule has 1 saturated heterocycles. The highest BCUT2D eigenvalue weighted by Gasteiger charge is 2.39. The summed E-state index contributed by atoms with van der Waals surface area (Å²) in [6.45, 7) is 11.6. The smallest absolute Gasteiger partial charge is 0.307 e. The number of Topliss-reactive ketones (excluding diaryl/α,β-unsaturated/α-hetero) is 1. The summed E-state index contributed by atoms with van der Waals surface area (Å²) in [4.78, 5) is 73.0. The number of likely N-dealkylation sites (N-methyl/N-ethyl adjacent to an activating group) is 1. The molecule has 2 rings (SSSR count). The van der Waals surface area contributed by atoms with Crippen molar-refractivity contribution in [2.75, 3.05) is 27.4 Å². The zero-order chi connectivity index (χ0) is 33.0. The van der Waals surface area contributed by atoms with Crippen molar-refractivity contribution in [1.29, 1.82) is 0 Å². The lowest BCUT2D eigenvalue weighted by Gasteiger charge is -2.39. The van der Waals surface area contributed by atoms with Crippen molar-refractivity contribution in [3.05, 3.63) is 16.1 Å². The average molecular weight is 637 g/mol. The number of ketones is 1. The van der Waals surface area contributed by atoms with Crippen LogP contribution >= 0.6 is 11.3 Å². The number of nitrogens with zero attached hydrogens (tertiary/aromatic N) is 3. The number of nitrogens with one attached hydrogen (secondary N) is 1. The molecule has 2 amide bonds. The van der Waals surface area contributed by atoms with Crippen LogP contribution in [0.3, 0.4) is 0 Å². The Hall–Kier alpha value is -2.86. The molecule has 248 valence electrons. The predicted octanol–water partition coefficient (Wildman–Crippen LogP) is 4.76. The van der Waals surface area contributed by atoms with Crippen LogP contribution in [-0.4, -0.2) is 83.8 Å². The van der Waals surface area contributed by atoms with Crippen LogP contribution in [0.15, 0.2) is 5.38 Å². The Morgan fingerprint density at radius 1 is 1.16 bits per heavy atom. The van der Waals surface area contributed by atoms with Gasteiger partial charge in [-0.1, -0.05) is 47.5 Å². The number of likely N-dealkylation sites (tertiary alicyclic amines) is 1. The number of esters is 2. The van der Waals surface area contributed by atoms with E-state index in [9.17, 15) is 24.0 Å². The molecule has 1 fully saturated rings. The summed E-state index contributed by atoms with van der Waals surface area (Å²) in [6, 6.07) is -0.750. The van der Waals surface area contributed by atoms with Crippen LogP contribution in [0.25, 0.3) is 0 Å². The fourth-order valence-electron chi connectivity index (χ4n) is 5.65. The molecular weight excluding hydrogens is 584 g/mol. The molecule has 2 heterocycles. The second-order valence-corrected chi connectivity index (χ2v) is 13.0. The van der Waals surface area contributed by atoms with Crippen LogP contribution < -0.4 is 5.32 Å².